The van der Waals surface area contributed by atoms with Crippen LogP contribution in [0, 0.1) is 41.4 Å². The molecule has 0 bridgehead atoms. The predicted molar refractivity (Wildman–Crippen MR) is 173 cm³/mol. The molecule has 4 saturated carbocycles. The zero-order chi connectivity index (χ0) is 35.2. The van der Waals surface area contributed by atoms with Gasteiger partial charge in [-0.3, -0.25) is 31.4 Å². The molecule has 2 heterocycles. The van der Waals surface area contributed by atoms with Gasteiger partial charge < -0.3 is 45.1 Å². The quantitative estimate of drug-likeness (QED) is 0.0845. The molecule has 0 amide bonds. The standard InChI is InChI=1S/C34H57N5O10/c1-37-33(36)39-20-5-3-4-16-11-18-26(28(42)24(16)20)29(43)25-19(27(18)41)12-17(47-2)13-21(25)48-32-30(44)31(45)34(46,22(14-40)49-32)8-6-15-7-9-38-23(35)10-15/h15-26,28,30-32,38,40,42,44-46H,3-14,35H2,1-2H3,(H3,36,37,39)/p+2. The average Bonchev–Trinajstić information content (AvgIpc) is 3.09. The Kier molecular flexibility index (Phi) is 11.4. The van der Waals surface area contributed by atoms with Crippen LogP contribution in [0.3, 0.4) is 0 Å². The van der Waals surface area contributed by atoms with E-state index in [4.69, 9.17) is 25.7 Å². The van der Waals surface area contributed by atoms with Gasteiger partial charge >= 0.3 is 5.96 Å². The number of Topliss-reactive ketones (excluding diaryl/α,β-unsaturated/α-hetero) is 2. The maximum absolute atomic E-state index is 14.5. The molecule has 2 saturated heterocycles. The minimum atomic E-state index is -1.95. The Labute approximate surface area is 287 Å². The molecule has 49 heavy (non-hydrogen) atoms. The van der Waals surface area contributed by atoms with Crippen molar-refractivity contribution in [1.29, 1.82) is 0 Å². The summed E-state index contributed by atoms with van der Waals surface area (Å²) in [6, 6.07) is -0.159. The van der Waals surface area contributed by atoms with E-state index >= 15 is 0 Å². The Balaban J connectivity index is 1.21. The highest BCUT2D eigenvalue weighted by Crippen LogP contribution is 2.53. The van der Waals surface area contributed by atoms with E-state index in [1.165, 1.54) is 7.11 Å². The van der Waals surface area contributed by atoms with Crippen molar-refractivity contribution >= 4 is 17.5 Å². The molecule has 15 nitrogen and oxygen atoms in total. The van der Waals surface area contributed by atoms with Gasteiger partial charge in [0.2, 0.25) is 0 Å². The lowest BCUT2D eigenvalue weighted by Crippen LogP contribution is -2.94. The van der Waals surface area contributed by atoms with Gasteiger partial charge in [-0.15, -0.1) is 0 Å². The topological polar surface area (TPSA) is 258 Å². The molecule has 17 atom stereocenters. The summed E-state index contributed by atoms with van der Waals surface area (Å²) in [6.45, 7) is 0.218. The van der Waals surface area contributed by atoms with Crippen LogP contribution in [0.5, 0.6) is 0 Å². The molecular formula is C34H59N5O10+2. The lowest BCUT2D eigenvalue weighted by molar-refractivity contribution is -0.699. The first-order chi connectivity index (χ1) is 23.4. The molecule has 0 spiro atoms. The van der Waals surface area contributed by atoms with Gasteiger partial charge in [-0.2, -0.15) is 0 Å². The summed E-state index contributed by atoms with van der Waals surface area (Å²) in [5, 5.41) is 61.8. The second-order valence-corrected chi connectivity index (χ2v) is 15.7. The fraction of sp³-hybridized carbons (Fsp3) is 0.912. The molecule has 13 N–H and O–H groups in total. The minimum absolute atomic E-state index is 0.0367. The van der Waals surface area contributed by atoms with Crippen molar-refractivity contribution in [2.24, 2.45) is 52.9 Å². The van der Waals surface area contributed by atoms with E-state index in [0.29, 0.717) is 25.2 Å². The fourth-order valence-electron chi connectivity index (χ4n) is 10.5. The smallest absolute Gasteiger partial charge is 0.341 e. The van der Waals surface area contributed by atoms with Crippen molar-refractivity contribution in [3.8, 4) is 0 Å². The number of carbonyl (C=O) groups is 2. The van der Waals surface area contributed by atoms with E-state index in [9.17, 15) is 35.1 Å². The molecule has 2 aliphatic heterocycles. The van der Waals surface area contributed by atoms with Gasteiger partial charge in [0.15, 0.2) is 6.29 Å². The number of aliphatic hydroxyl groups excluding tert-OH is 4. The first-order valence-corrected chi connectivity index (χ1v) is 18.4. The van der Waals surface area contributed by atoms with Gasteiger partial charge in [0.1, 0.15) is 41.6 Å². The van der Waals surface area contributed by atoms with Gasteiger partial charge in [-0.05, 0) is 63.2 Å². The summed E-state index contributed by atoms with van der Waals surface area (Å²) in [7, 11) is 3.24. The van der Waals surface area contributed by atoms with Gasteiger partial charge in [0.05, 0.1) is 56.4 Å². The Morgan fingerprint density at radius 3 is 2.51 bits per heavy atom. The highest BCUT2D eigenvalue weighted by atomic mass is 16.7. The summed E-state index contributed by atoms with van der Waals surface area (Å²) in [5.41, 5.74) is 10.2. The van der Waals surface area contributed by atoms with Crippen LogP contribution in [0.25, 0.3) is 0 Å². The number of rotatable bonds is 8. The van der Waals surface area contributed by atoms with Crippen molar-refractivity contribution in [3.05, 3.63) is 0 Å². The fourth-order valence-corrected chi connectivity index (χ4v) is 10.5. The summed E-state index contributed by atoms with van der Waals surface area (Å²) >= 11 is 0. The molecule has 0 aromatic rings. The molecule has 4 aliphatic carbocycles. The molecule has 6 rings (SSSR count). The number of carbonyl (C=O) groups excluding carboxylic acids is 2. The Bertz CT molecular complexity index is 1220. The number of hydrogen-bond acceptors (Lipinski definition) is 11. The number of methoxy groups -OCH3 is 1. The van der Waals surface area contributed by atoms with E-state index in [1.54, 1.807) is 7.05 Å². The van der Waals surface area contributed by atoms with Gasteiger partial charge in [-0.25, -0.2) is 0 Å². The Morgan fingerprint density at radius 1 is 1.06 bits per heavy atom. The lowest BCUT2D eigenvalue weighted by Gasteiger charge is -2.55. The number of ketones is 2. The summed E-state index contributed by atoms with van der Waals surface area (Å²) < 4.78 is 18.0. The van der Waals surface area contributed by atoms with Gasteiger partial charge in [0, 0.05) is 37.7 Å². The molecule has 0 aromatic heterocycles. The number of guanidine groups is 1. The van der Waals surface area contributed by atoms with Gasteiger partial charge in [0.25, 0.3) is 0 Å². The monoisotopic (exact) mass is 697 g/mol. The normalized spacial score (nSPS) is 49.1. The number of aliphatic hydroxyl groups is 5. The Hall–Kier alpha value is -1.79. The first-order valence-electron chi connectivity index (χ1n) is 18.4. The van der Waals surface area contributed by atoms with E-state index in [-0.39, 0.29) is 54.4 Å². The number of nitrogens with one attached hydrogen (secondary N) is 2. The number of ether oxygens (including phenoxy) is 3. The van der Waals surface area contributed by atoms with Crippen molar-refractivity contribution in [1.82, 2.24) is 5.32 Å². The second-order valence-electron chi connectivity index (χ2n) is 15.7. The maximum atomic E-state index is 14.5. The number of quaternary nitrogens is 1. The third-order valence-corrected chi connectivity index (χ3v) is 13.1. The minimum Gasteiger partial charge on any atom is -0.394 e. The molecule has 15 heteroatoms. The summed E-state index contributed by atoms with van der Waals surface area (Å²) in [4.78, 5) is 31.7. The highest BCUT2D eigenvalue weighted by molar-refractivity contribution is 6.00. The predicted octanol–water partition coefficient (Wildman–Crippen LogP) is -4.83. The van der Waals surface area contributed by atoms with Crippen LogP contribution in [-0.4, -0.2) is 131 Å². The van der Waals surface area contributed by atoms with Crippen LogP contribution in [0.4, 0.5) is 0 Å². The third kappa shape index (κ3) is 6.92. The van der Waals surface area contributed by atoms with Crippen LogP contribution < -0.4 is 27.1 Å². The SMILES string of the molecule is C[NH+]=C(N)NC1CCCC2CC3C(=O)C4CC(OC)CC(OC5OC(CO)C(O)(CCC6CC[NH2+]C(N)C6)C(O)C5O)C4C(=O)C3C(O)C21. The second kappa shape index (κ2) is 15.1. The van der Waals surface area contributed by atoms with Crippen LogP contribution >= 0.6 is 0 Å². The molecule has 6 fully saturated rings. The summed E-state index contributed by atoms with van der Waals surface area (Å²) in [5.74, 6) is -3.10. The number of nitrogens with two attached hydrogens (primary N) is 3. The molecule has 6 aliphatic rings. The highest BCUT2D eigenvalue weighted by Gasteiger charge is 2.63. The average molecular weight is 698 g/mol. The molecule has 278 valence electrons. The third-order valence-electron chi connectivity index (χ3n) is 13.1. The molecule has 17 unspecified atom stereocenters. The van der Waals surface area contributed by atoms with Crippen LogP contribution in [0.15, 0.2) is 0 Å². The van der Waals surface area contributed by atoms with E-state index < -0.39 is 78.8 Å². The van der Waals surface area contributed by atoms with Crippen molar-refractivity contribution < 1.29 is 59.6 Å². The van der Waals surface area contributed by atoms with Gasteiger partial charge in [-0.1, -0.05) is 0 Å². The number of fused-ring (bicyclic) bond motifs is 3. The van der Waals surface area contributed by atoms with E-state index in [1.807, 2.05) is 0 Å². The van der Waals surface area contributed by atoms with Crippen LogP contribution in [0.2, 0.25) is 0 Å². The van der Waals surface area contributed by atoms with Crippen LogP contribution in [-0.2, 0) is 23.8 Å². The van der Waals surface area contributed by atoms with Crippen LogP contribution in [0.1, 0.15) is 64.2 Å². The number of piperidine rings is 1. The molecular weight excluding hydrogens is 638 g/mol. The van der Waals surface area contributed by atoms with Crippen molar-refractivity contribution in [3.63, 3.8) is 0 Å². The molecule has 0 aromatic carbocycles. The van der Waals surface area contributed by atoms with Crippen molar-refractivity contribution in [2.45, 2.75) is 125 Å². The number of hydrogen-bond donors (Lipinski definition) is 10. The maximum Gasteiger partial charge on any atom is 0.341 e. The zero-order valence-corrected chi connectivity index (χ0v) is 28.7. The van der Waals surface area contributed by atoms with E-state index in [0.717, 1.165) is 38.6 Å². The zero-order valence-electron chi connectivity index (χ0n) is 28.7. The molecule has 0 radical (unpaired) electrons. The summed E-state index contributed by atoms with van der Waals surface area (Å²) in [6.07, 6.45) is -2.81. The lowest BCUT2D eigenvalue weighted by atomic mass is 9.51. The Morgan fingerprint density at radius 2 is 1.82 bits per heavy atom. The largest absolute Gasteiger partial charge is 0.394 e. The first kappa shape index (κ1) is 37.0. The van der Waals surface area contributed by atoms with E-state index in [2.05, 4.69) is 15.6 Å². The van der Waals surface area contributed by atoms with Crippen molar-refractivity contribution in [2.75, 3.05) is 27.3 Å².